The van der Waals surface area contributed by atoms with Crippen molar-refractivity contribution in [1.29, 1.82) is 0 Å². The second kappa shape index (κ2) is 35.5. The second-order valence-corrected chi connectivity index (χ2v) is 17.2. The third kappa shape index (κ3) is 22.9. The van der Waals surface area contributed by atoms with E-state index in [1.165, 1.54) is 83.5 Å². The van der Waals surface area contributed by atoms with Crippen LogP contribution in [0.3, 0.4) is 0 Å². The normalized spacial score (nSPS) is 28.0. The average molecular weight is 886 g/mol. The third-order valence-electron chi connectivity index (χ3n) is 11.8. The standard InChI is InChI=1S/C48H87NO13/c1-3-5-7-9-11-13-15-17-18-20-21-23-25-27-29-31-37(52)36(49-40(53)32-30-28-26-24-22-19-16-14-12-10-8-6-4-2)35-59-47-45(58)43(56)46(39(34-51)61-47)62-48-44(57)42(55)41(54)38(33-50)60-48/h14,16,21,23,29,31,36-39,41-48,50-52,54-58H,3-13,15,17-20,22,24-28,30,32-35H2,1-2H3,(H,49,53)/b16-14-,23-21+,31-29+. The van der Waals surface area contributed by atoms with Crippen LogP contribution >= 0.6 is 0 Å². The molecule has 2 rings (SSSR count). The van der Waals surface area contributed by atoms with Gasteiger partial charge in [0.25, 0.3) is 0 Å². The van der Waals surface area contributed by atoms with Gasteiger partial charge in [-0.05, 0) is 57.8 Å². The summed E-state index contributed by atoms with van der Waals surface area (Å²) < 4.78 is 22.6. The van der Waals surface area contributed by atoms with Crippen LogP contribution in [0.4, 0.5) is 0 Å². The van der Waals surface area contributed by atoms with Crippen molar-refractivity contribution >= 4 is 5.91 Å². The Morgan fingerprint density at radius 2 is 1.03 bits per heavy atom. The highest BCUT2D eigenvalue weighted by molar-refractivity contribution is 5.76. The van der Waals surface area contributed by atoms with Crippen molar-refractivity contribution < 1.29 is 64.6 Å². The van der Waals surface area contributed by atoms with Gasteiger partial charge in [0.1, 0.15) is 48.8 Å². The van der Waals surface area contributed by atoms with E-state index in [1.54, 1.807) is 6.08 Å². The van der Waals surface area contributed by atoms with Crippen LogP contribution in [0.15, 0.2) is 36.5 Å². The maximum atomic E-state index is 13.1. The van der Waals surface area contributed by atoms with Crippen molar-refractivity contribution in [2.75, 3.05) is 19.8 Å². The van der Waals surface area contributed by atoms with E-state index in [0.29, 0.717) is 12.8 Å². The molecule has 0 spiro atoms. The summed E-state index contributed by atoms with van der Waals surface area (Å²) in [6.45, 7) is 2.72. The van der Waals surface area contributed by atoms with Crippen molar-refractivity contribution in [2.24, 2.45) is 0 Å². The number of aliphatic hydroxyl groups excluding tert-OH is 8. The first-order chi connectivity index (χ1) is 30.1. The number of rotatable bonds is 36. The van der Waals surface area contributed by atoms with Gasteiger partial charge < -0.3 is 65.1 Å². The Balaban J connectivity index is 1.90. The van der Waals surface area contributed by atoms with Gasteiger partial charge in [-0.2, -0.15) is 0 Å². The molecule has 0 radical (unpaired) electrons. The Labute approximate surface area is 372 Å². The predicted octanol–water partition coefficient (Wildman–Crippen LogP) is 5.54. The van der Waals surface area contributed by atoms with Crippen LogP contribution < -0.4 is 5.32 Å². The van der Waals surface area contributed by atoms with E-state index < -0.39 is 86.8 Å². The fourth-order valence-electron chi connectivity index (χ4n) is 7.77. The highest BCUT2D eigenvalue weighted by Crippen LogP contribution is 2.30. The van der Waals surface area contributed by atoms with Crippen LogP contribution in [0.5, 0.6) is 0 Å². The van der Waals surface area contributed by atoms with Gasteiger partial charge in [-0.3, -0.25) is 4.79 Å². The smallest absolute Gasteiger partial charge is 0.220 e. The molecule has 2 aliphatic rings. The topological polar surface area (TPSA) is 228 Å². The van der Waals surface area contributed by atoms with Crippen LogP contribution in [0.1, 0.15) is 168 Å². The monoisotopic (exact) mass is 886 g/mol. The molecule has 0 aromatic heterocycles. The quantitative estimate of drug-likeness (QED) is 0.0279. The molecule has 1 amide bonds. The molecule has 62 heavy (non-hydrogen) atoms. The zero-order valence-corrected chi connectivity index (χ0v) is 38.1. The number of aliphatic hydroxyl groups is 8. The molecule has 2 fully saturated rings. The van der Waals surface area contributed by atoms with Gasteiger partial charge in [0.15, 0.2) is 12.6 Å². The Bertz CT molecular complexity index is 1190. The van der Waals surface area contributed by atoms with Gasteiger partial charge in [0.2, 0.25) is 5.91 Å². The molecule has 14 heteroatoms. The predicted molar refractivity (Wildman–Crippen MR) is 240 cm³/mol. The number of ether oxygens (including phenoxy) is 4. The minimum absolute atomic E-state index is 0.261. The summed E-state index contributed by atoms with van der Waals surface area (Å²) in [6.07, 6.45) is 21.9. The van der Waals surface area contributed by atoms with Crippen molar-refractivity contribution in [3.63, 3.8) is 0 Å². The van der Waals surface area contributed by atoms with Crippen LogP contribution in [0, 0.1) is 0 Å². The average Bonchev–Trinajstić information content (AvgIpc) is 3.27. The van der Waals surface area contributed by atoms with Crippen LogP contribution in [0.2, 0.25) is 0 Å². The van der Waals surface area contributed by atoms with Gasteiger partial charge in [-0.1, -0.05) is 140 Å². The number of hydrogen-bond acceptors (Lipinski definition) is 13. The Morgan fingerprint density at radius 3 is 1.60 bits per heavy atom. The molecule has 0 aromatic carbocycles. The summed E-state index contributed by atoms with van der Waals surface area (Å²) in [6, 6.07) is -0.932. The SMILES string of the molecule is CCCCCC/C=C\CCCCCCCC(=O)NC(COC1OC(CO)C(OC2OC(CO)C(O)C(O)C2O)C(O)C1O)C(O)/C=C/CC/C=C/CCCCCCCCCCC. The number of carbonyl (C=O) groups is 1. The number of carbonyl (C=O) groups excluding carboxylic acids is 1. The molecule has 0 aliphatic carbocycles. The van der Waals surface area contributed by atoms with E-state index in [-0.39, 0.29) is 18.9 Å². The van der Waals surface area contributed by atoms with E-state index >= 15 is 0 Å². The summed E-state index contributed by atoms with van der Waals surface area (Å²) >= 11 is 0. The number of nitrogens with one attached hydrogen (secondary N) is 1. The largest absolute Gasteiger partial charge is 0.394 e. The summed E-state index contributed by atoms with van der Waals surface area (Å²) in [5.41, 5.74) is 0. The highest BCUT2D eigenvalue weighted by atomic mass is 16.7. The maximum Gasteiger partial charge on any atom is 0.220 e. The zero-order chi connectivity index (χ0) is 45.4. The molecule has 362 valence electrons. The van der Waals surface area contributed by atoms with Gasteiger partial charge >= 0.3 is 0 Å². The molecule has 12 unspecified atom stereocenters. The number of allylic oxidation sites excluding steroid dienone is 5. The fraction of sp³-hybridized carbons (Fsp3) is 0.854. The highest BCUT2D eigenvalue weighted by Gasteiger charge is 2.51. The van der Waals surface area contributed by atoms with Crippen LogP contribution in [-0.2, 0) is 23.7 Å². The maximum absolute atomic E-state index is 13.1. The Kier molecular flexibility index (Phi) is 32.2. The molecule has 9 N–H and O–H groups in total. The first-order valence-electron chi connectivity index (χ1n) is 24.2. The fourth-order valence-corrected chi connectivity index (χ4v) is 7.77. The summed E-state index contributed by atoms with van der Waals surface area (Å²) in [4.78, 5) is 13.1. The molecule has 0 aromatic rings. The molecule has 0 saturated carbocycles. The summed E-state index contributed by atoms with van der Waals surface area (Å²) in [5, 5.41) is 86.5. The molecular formula is C48H87NO13. The molecule has 12 atom stereocenters. The van der Waals surface area contributed by atoms with Gasteiger partial charge in [-0.15, -0.1) is 0 Å². The molecule has 14 nitrogen and oxygen atoms in total. The number of hydrogen-bond donors (Lipinski definition) is 9. The summed E-state index contributed by atoms with van der Waals surface area (Å²) in [7, 11) is 0. The zero-order valence-electron chi connectivity index (χ0n) is 38.1. The first kappa shape index (κ1) is 56.3. The molecule has 0 bridgehead atoms. The lowest BCUT2D eigenvalue weighted by Gasteiger charge is -2.46. The summed E-state index contributed by atoms with van der Waals surface area (Å²) in [5.74, 6) is -0.261. The van der Waals surface area contributed by atoms with Gasteiger partial charge in [0, 0.05) is 6.42 Å². The molecule has 2 aliphatic heterocycles. The van der Waals surface area contributed by atoms with Crippen LogP contribution in [-0.4, -0.2) is 140 Å². The van der Waals surface area contributed by atoms with Crippen molar-refractivity contribution in [1.82, 2.24) is 5.32 Å². The lowest BCUT2D eigenvalue weighted by Crippen LogP contribution is -2.65. The Morgan fingerprint density at radius 1 is 0.565 bits per heavy atom. The van der Waals surface area contributed by atoms with Gasteiger partial charge in [0.05, 0.1) is 32.0 Å². The van der Waals surface area contributed by atoms with Crippen LogP contribution in [0.25, 0.3) is 0 Å². The third-order valence-corrected chi connectivity index (χ3v) is 11.8. The minimum Gasteiger partial charge on any atom is -0.394 e. The van der Waals surface area contributed by atoms with Crippen molar-refractivity contribution in [3.05, 3.63) is 36.5 Å². The van der Waals surface area contributed by atoms with E-state index in [9.17, 15) is 45.6 Å². The molecule has 2 saturated heterocycles. The first-order valence-corrected chi connectivity index (χ1v) is 24.2. The second-order valence-electron chi connectivity index (χ2n) is 17.2. The van der Waals surface area contributed by atoms with E-state index in [1.807, 2.05) is 6.08 Å². The Hall–Kier alpha value is -1.79. The van der Waals surface area contributed by atoms with E-state index in [0.717, 1.165) is 51.4 Å². The van der Waals surface area contributed by atoms with Crippen molar-refractivity contribution in [3.8, 4) is 0 Å². The van der Waals surface area contributed by atoms with Crippen molar-refractivity contribution in [2.45, 2.75) is 242 Å². The molecule has 2 heterocycles. The number of amides is 1. The molecular weight excluding hydrogens is 799 g/mol. The lowest BCUT2D eigenvalue weighted by atomic mass is 9.97. The minimum atomic E-state index is -1.79. The van der Waals surface area contributed by atoms with E-state index in [4.69, 9.17) is 18.9 Å². The number of unbranched alkanes of at least 4 members (excludes halogenated alkanes) is 19. The van der Waals surface area contributed by atoms with Gasteiger partial charge in [-0.25, -0.2) is 0 Å². The van der Waals surface area contributed by atoms with E-state index in [2.05, 4.69) is 43.5 Å². The lowest BCUT2D eigenvalue weighted by molar-refractivity contribution is -0.359.